The topological polar surface area (TPSA) is 75.3 Å². The normalized spacial score (nSPS) is 16.1. The van der Waals surface area contributed by atoms with Crippen molar-refractivity contribution in [1.82, 2.24) is 10.0 Å². The molecule has 1 aromatic carbocycles. The van der Waals surface area contributed by atoms with Crippen molar-refractivity contribution in [2.45, 2.75) is 70.2 Å². The smallest absolute Gasteiger partial charge is 0.241 e. The van der Waals surface area contributed by atoms with Gasteiger partial charge in [-0.25, -0.2) is 13.1 Å². The summed E-state index contributed by atoms with van der Waals surface area (Å²) in [5, 5.41) is 3.00. The van der Waals surface area contributed by atoms with Gasteiger partial charge in [0.15, 0.2) is 0 Å². The van der Waals surface area contributed by atoms with Crippen LogP contribution in [-0.4, -0.2) is 26.9 Å². The largest absolute Gasteiger partial charge is 0.353 e. The van der Waals surface area contributed by atoms with Gasteiger partial charge < -0.3 is 5.32 Å². The van der Waals surface area contributed by atoms with Crippen LogP contribution in [0.4, 0.5) is 0 Å². The van der Waals surface area contributed by atoms with Gasteiger partial charge in [0.25, 0.3) is 0 Å². The first-order valence-corrected chi connectivity index (χ1v) is 10.1. The Bertz CT molecular complexity index is 669. The summed E-state index contributed by atoms with van der Waals surface area (Å²) in [6.07, 6.45) is 5.77. The monoisotopic (exact) mass is 352 g/mol. The predicted molar refractivity (Wildman–Crippen MR) is 95.5 cm³/mol. The summed E-state index contributed by atoms with van der Waals surface area (Å²) >= 11 is 0. The average Bonchev–Trinajstić information content (AvgIpc) is 2.46. The van der Waals surface area contributed by atoms with E-state index in [2.05, 4.69) is 10.0 Å². The van der Waals surface area contributed by atoms with Crippen molar-refractivity contribution in [2.24, 2.45) is 0 Å². The summed E-state index contributed by atoms with van der Waals surface area (Å²) < 4.78 is 27.6. The molecule has 24 heavy (non-hydrogen) atoms. The molecule has 0 heterocycles. The van der Waals surface area contributed by atoms with Crippen molar-refractivity contribution in [3.05, 3.63) is 28.8 Å². The molecule has 1 saturated carbocycles. The summed E-state index contributed by atoms with van der Waals surface area (Å²) in [5.74, 6) is -0.0815. The first-order valence-electron chi connectivity index (χ1n) is 8.66. The number of carbonyl (C=O) groups excluding carboxylic acids is 1. The zero-order valence-electron chi connectivity index (χ0n) is 14.8. The summed E-state index contributed by atoms with van der Waals surface area (Å²) in [4.78, 5) is 12.3. The van der Waals surface area contributed by atoms with Crippen LogP contribution >= 0.6 is 0 Å². The lowest BCUT2D eigenvalue weighted by atomic mass is 9.95. The van der Waals surface area contributed by atoms with Crippen LogP contribution in [0.5, 0.6) is 0 Å². The Morgan fingerprint density at radius 3 is 2.25 bits per heavy atom. The Morgan fingerprint density at radius 1 is 1.08 bits per heavy atom. The third-order valence-electron chi connectivity index (χ3n) is 4.49. The van der Waals surface area contributed by atoms with Gasteiger partial charge in [-0.15, -0.1) is 0 Å². The quantitative estimate of drug-likeness (QED) is 0.826. The van der Waals surface area contributed by atoms with E-state index in [9.17, 15) is 13.2 Å². The number of carbonyl (C=O) groups is 1. The molecule has 0 unspecified atom stereocenters. The molecule has 134 valence electrons. The van der Waals surface area contributed by atoms with Gasteiger partial charge in [-0.3, -0.25) is 4.79 Å². The van der Waals surface area contributed by atoms with Crippen molar-refractivity contribution < 1.29 is 13.2 Å². The second-order valence-corrected chi connectivity index (χ2v) is 8.48. The van der Waals surface area contributed by atoms with Crippen LogP contribution in [-0.2, 0) is 14.8 Å². The highest BCUT2D eigenvalue weighted by Gasteiger charge is 2.20. The maximum absolute atomic E-state index is 12.5. The van der Waals surface area contributed by atoms with Gasteiger partial charge in [0.05, 0.1) is 4.90 Å². The Balaban J connectivity index is 1.90. The number of aryl methyl sites for hydroxylation is 3. The van der Waals surface area contributed by atoms with Crippen molar-refractivity contribution >= 4 is 15.9 Å². The fraction of sp³-hybridized carbons (Fsp3) is 0.611. The van der Waals surface area contributed by atoms with Gasteiger partial charge in [-0.05, 0) is 44.7 Å². The maximum Gasteiger partial charge on any atom is 0.241 e. The molecule has 1 aromatic rings. The highest BCUT2D eigenvalue weighted by atomic mass is 32.2. The summed E-state index contributed by atoms with van der Waals surface area (Å²) in [5.41, 5.74) is 2.49. The van der Waals surface area contributed by atoms with E-state index < -0.39 is 10.0 Å². The molecule has 1 fully saturated rings. The minimum absolute atomic E-state index is 0.0815. The number of sulfonamides is 1. The SMILES string of the molecule is Cc1cc(C)c(S(=O)(=O)NCCC(=O)NC2CCCCC2)c(C)c1. The van der Waals surface area contributed by atoms with Crippen molar-refractivity contribution in [1.29, 1.82) is 0 Å². The maximum atomic E-state index is 12.5. The molecule has 1 aliphatic carbocycles. The zero-order chi connectivity index (χ0) is 17.7. The molecule has 0 saturated heterocycles. The van der Waals surface area contributed by atoms with Gasteiger partial charge in [0.1, 0.15) is 0 Å². The van der Waals surface area contributed by atoms with Gasteiger partial charge >= 0.3 is 0 Å². The van der Waals surface area contributed by atoms with Gasteiger partial charge in [0, 0.05) is 19.0 Å². The summed E-state index contributed by atoms with van der Waals surface area (Å²) in [7, 11) is -3.60. The molecule has 0 aromatic heterocycles. The molecule has 1 aliphatic rings. The Hall–Kier alpha value is -1.40. The second-order valence-electron chi connectivity index (χ2n) is 6.78. The number of hydrogen-bond donors (Lipinski definition) is 2. The number of benzene rings is 1. The molecule has 0 atom stereocenters. The fourth-order valence-corrected chi connectivity index (χ4v) is 4.99. The molecule has 0 bridgehead atoms. The number of nitrogens with one attached hydrogen (secondary N) is 2. The fourth-order valence-electron chi connectivity index (χ4n) is 3.51. The molecule has 0 radical (unpaired) electrons. The van der Waals surface area contributed by atoms with E-state index in [1.54, 1.807) is 13.8 Å². The molecule has 6 heteroatoms. The van der Waals surface area contributed by atoms with E-state index in [0.717, 1.165) is 42.4 Å². The van der Waals surface area contributed by atoms with Gasteiger partial charge in [0.2, 0.25) is 15.9 Å². The molecular formula is C18H28N2O3S. The third-order valence-corrected chi connectivity index (χ3v) is 6.25. The highest BCUT2D eigenvalue weighted by Crippen LogP contribution is 2.21. The van der Waals surface area contributed by atoms with Crippen molar-refractivity contribution in [3.8, 4) is 0 Å². The zero-order valence-corrected chi connectivity index (χ0v) is 15.6. The molecule has 1 amide bonds. The molecule has 0 spiro atoms. The minimum Gasteiger partial charge on any atom is -0.353 e. The van der Waals surface area contributed by atoms with Crippen LogP contribution < -0.4 is 10.0 Å². The second kappa shape index (κ2) is 8.12. The lowest BCUT2D eigenvalue weighted by molar-refractivity contribution is -0.121. The van der Waals surface area contributed by atoms with Crippen LogP contribution in [0.15, 0.2) is 17.0 Å². The van der Waals surface area contributed by atoms with Crippen molar-refractivity contribution in [2.75, 3.05) is 6.54 Å². The van der Waals surface area contributed by atoms with E-state index in [4.69, 9.17) is 0 Å². The molecule has 5 nitrogen and oxygen atoms in total. The minimum atomic E-state index is -3.60. The number of rotatable bonds is 6. The van der Waals surface area contributed by atoms with Crippen LogP contribution in [0, 0.1) is 20.8 Å². The van der Waals surface area contributed by atoms with Gasteiger partial charge in [-0.2, -0.15) is 0 Å². The van der Waals surface area contributed by atoms with E-state index in [0.29, 0.717) is 4.90 Å². The van der Waals surface area contributed by atoms with E-state index in [-0.39, 0.29) is 24.9 Å². The Labute approximate surface area is 145 Å². The summed E-state index contributed by atoms with van der Waals surface area (Å²) in [6, 6.07) is 3.97. The Kier molecular flexibility index (Phi) is 6.40. The third kappa shape index (κ3) is 5.05. The van der Waals surface area contributed by atoms with E-state index in [1.165, 1.54) is 6.42 Å². The lowest BCUT2D eigenvalue weighted by Crippen LogP contribution is -2.38. The lowest BCUT2D eigenvalue weighted by Gasteiger charge is -2.22. The number of amides is 1. The van der Waals surface area contributed by atoms with E-state index >= 15 is 0 Å². The Morgan fingerprint density at radius 2 is 1.67 bits per heavy atom. The standard InChI is InChI=1S/C18H28N2O3S/c1-13-11-14(2)18(15(3)12-13)24(22,23)19-10-9-17(21)20-16-7-5-4-6-8-16/h11-12,16,19H,4-10H2,1-3H3,(H,20,21). The van der Waals surface area contributed by atoms with Gasteiger partial charge in [-0.1, -0.05) is 37.0 Å². The molecular weight excluding hydrogens is 324 g/mol. The van der Waals surface area contributed by atoms with Crippen LogP contribution in [0.2, 0.25) is 0 Å². The first-order chi connectivity index (χ1) is 11.3. The molecule has 0 aliphatic heterocycles. The predicted octanol–water partition coefficient (Wildman–Crippen LogP) is 2.73. The van der Waals surface area contributed by atoms with Crippen LogP contribution in [0.25, 0.3) is 0 Å². The van der Waals surface area contributed by atoms with E-state index in [1.807, 2.05) is 19.1 Å². The first kappa shape index (κ1) is 18.9. The van der Waals surface area contributed by atoms with Crippen molar-refractivity contribution in [3.63, 3.8) is 0 Å². The number of hydrogen-bond acceptors (Lipinski definition) is 3. The van der Waals surface area contributed by atoms with Crippen LogP contribution in [0.1, 0.15) is 55.2 Å². The summed E-state index contributed by atoms with van der Waals surface area (Å²) in [6.45, 7) is 5.65. The molecule has 2 rings (SSSR count). The molecule has 2 N–H and O–H groups in total. The average molecular weight is 353 g/mol. The van der Waals surface area contributed by atoms with Crippen LogP contribution in [0.3, 0.4) is 0 Å². The highest BCUT2D eigenvalue weighted by molar-refractivity contribution is 7.89.